The second kappa shape index (κ2) is 10.7. The van der Waals surface area contributed by atoms with Crippen LogP contribution in [0.3, 0.4) is 0 Å². The minimum atomic E-state index is -4.06. The highest BCUT2D eigenvalue weighted by atomic mass is 79.9. The molecule has 7 nitrogen and oxygen atoms in total. The highest BCUT2D eigenvalue weighted by Crippen LogP contribution is 2.38. The van der Waals surface area contributed by atoms with Crippen LogP contribution in [0, 0.1) is 0 Å². The van der Waals surface area contributed by atoms with Crippen LogP contribution >= 0.6 is 15.9 Å². The minimum Gasteiger partial charge on any atom is -0.490 e. The molecule has 4 aromatic carbocycles. The van der Waals surface area contributed by atoms with Crippen LogP contribution in [0.5, 0.6) is 11.5 Å². The molecule has 0 aliphatic rings. The first kappa shape index (κ1) is 24.4. The molecule has 0 unspecified atom stereocenters. The number of benzene rings is 4. The highest BCUT2D eigenvalue weighted by molar-refractivity contribution is 9.10. The average Bonchev–Trinajstić information content (AvgIpc) is 2.86. The maximum Gasteiger partial charge on any atom is 0.339 e. The molecule has 0 heterocycles. The number of halogens is 1. The van der Waals surface area contributed by atoms with E-state index in [-0.39, 0.29) is 28.9 Å². The fourth-order valence-corrected chi connectivity index (χ4v) is 4.94. The Balaban J connectivity index is 1.53. The number of ether oxygens (including phenoxy) is 1. The predicted molar refractivity (Wildman–Crippen MR) is 139 cm³/mol. The van der Waals surface area contributed by atoms with E-state index < -0.39 is 10.1 Å². The maximum absolute atomic E-state index is 12.7. The summed E-state index contributed by atoms with van der Waals surface area (Å²) in [5.41, 5.74) is 3.54. The summed E-state index contributed by atoms with van der Waals surface area (Å²) < 4.78 is 36.7. The first-order valence-electron chi connectivity index (χ1n) is 10.7. The van der Waals surface area contributed by atoms with Gasteiger partial charge in [-0.2, -0.15) is 13.5 Å². The van der Waals surface area contributed by atoms with Gasteiger partial charge in [-0.05, 0) is 75.6 Å². The monoisotopic (exact) mass is 552 g/mol. The van der Waals surface area contributed by atoms with Crippen LogP contribution in [-0.2, 0) is 10.1 Å². The van der Waals surface area contributed by atoms with Crippen molar-refractivity contribution in [2.45, 2.75) is 11.8 Å². The molecule has 0 fully saturated rings. The van der Waals surface area contributed by atoms with Crippen LogP contribution in [-0.4, -0.2) is 27.1 Å². The molecule has 1 N–H and O–H groups in total. The van der Waals surface area contributed by atoms with Crippen molar-refractivity contribution in [3.8, 4) is 11.5 Å². The van der Waals surface area contributed by atoms with E-state index in [2.05, 4.69) is 26.5 Å². The number of hydrogen-bond acceptors (Lipinski definition) is 6. The van der Waals surface area contributed by atoms with E-state index in [1.807, 2.05) is 30.3 Å². The Morgan fingerprint density at radius 2 is 1.69 bits per heavy atom. The van der Waals surface area contributed by atoms with Crippen molar-refractivity contribution in [2.24, 2.45) is 5.10 Å². The molecule has 0 saturated carbocycles. The van der Waals surface area contributed by atoms with Crippen molar-refractivity contribution in [3.05, 3.63) is 101 Å². The molecule has 4 aromatic rings. The SMILES string of the molecule is CCOc1cc(/C=N\NC(=O)c2ccc3ccccc3c2)cc(Br)c1OS(=O)(=O)c1ccccc1. The average molecular weight is 553 g/mol. The van der Waals surface area contributed by atoms with Crippen molar-refractivity contribution >= 4 is 48.9 Å². The third-order valence-corrected chi connectivity index (χ3v) is 6.77. The molecule has 178 valence electrons. The van der Waals surface area contributed by atoms with Crippen molar-refractivity contribution in [1.82, 2.24) is 5.43 Å². The summed E-state index contributed by atoms with van der Waals surface area (Å²) in [4.78, 5) is 12.5. The van der Waals surface area contributed by atoms with E-state index in [4.69, 9.17) is 8.92 Å². The van der Waals surface area contributed by atoms with Gasteiger partial charge in [0.05, 0.1) is 17.3 Å². The quantitative estimate of drug-likeness (QED) is 0.176. The zero-order valence-corrected chi connectivity index (χ0v) is 21.0. The van der Waals surface area contributed by atoms with Gasteiger partial charge in [-0.1, -0.05) is 48.5 Å². The molecule has 0 spiro atoms. The van der Waals surface area contributed by atoms with Gasteiger partial charge in [0.25, 0.3) is 5.91 Å². The Bertz CT molecular complexity index is 1510. The summed E-state index contributed by atoms with van der Waals surface area (Å²) in [5, 5.41) is 6.03. The van der Waals surface area contributed by atoms with Crippen LogP contribution in [0.2, 0.25) is 0 Å². The number of hydrazone groups is 1. The lowest BCUT2D eigenvalue weighted by atomic mass is 10.1. The first-order chi connectivity index (χ1) is 16.9. The first-order valence-corrected chi connectivity index (χ1v) is 12.9. The zero-order valence-electron chi connectivity index (χ0n) is 18.6. The summed E-state index contributed by atoms with van der Waals surface area (Å²) in [6.07, 6.45) is 1.43. The van der Waals surface area contributed by atoms with Gasteiger partial charge in [-0.15, -0.1) is 0 Å². The summed E-state index contributed by atoms with van der Waals surface area (Å²) >= 11 is 3.36. The lowest BCUT2D eigenvalue weighted by Gasteiger charge is -2.14. The normalized spacial score (nSPS) is 11.5. The van der Waals surface area contributed by atoms with Crippen LogP contribution in [0.1, 0.15) is 22.8 Å². The van der Waals surface area contributed by atoms with E-state index in [9.17, 15) is 13.2 Å². The third-order valence-electron chi connectivity index (χ3n) is 4.95. The Morgan fingerprint density at radius 1 is 0.971 bits per heavy atom. The van der Waals surface area contributed by atoms with Gasteiger partial charge < -0.3 is 8.92 Å². The van der Waals surface area contributed by atoms with Gasteiger partial charge in [-0.3, -0.25) is 4.79 Å². The molecule has 9 heteroatoms. The molecule has 0 aromatic heterocycles. The number of amides is 1. The van der Waals surface area contributed by atoms with Crippen LogP contribution in [0.15, 0.2) is 99.4 Å². The fraction of sp³-hybridized carbons (Fsp3) is 0.0769. The summed E-state index contributed by atoms with van der Waals surface area (Å²) in [6.45, 7) is 2.06. The molecule has 0 aliphatic heterocycles. The molecule has 1 amide bonds. The zero-order chi connectivity index (χ0) is 24.8. The van der Waals surface area contributed by atoms with Crippen molar-refractivity contribution in [3.63, 3.8) is 0 Å². The number of fused-ring (bicyclic) bond motifs is 1. The molecule has 0 radical (unpaired) electrons. The minimum absolute atomic E-state index is 0.0213. The topological polar surface area (TPSA) is 94.1 Å². The molecule has 0 saturated heterocycles. The van der Waals surface area contributed by atoms with Gasteiger partial charge in [0.1, 0.15) is 4.90 Å². The van der Waals surface area contributed by atoms with Crippen molar-refractivity contribution < 1.29 is 22.1 Å². The molecular weight excluding hydrogens is 532 g/mol. The number of nitrogens with zero attached hydrogens (tertiary/aromatic N) is 1. The Hall–Kier alpha value is -3.69. The van der Waals surface area contributed by atoms with E-state index >= 15 is 0 Å². The van der Waals surface area contributed by atoms with E-state index in [1.165, 1.54) is 18.3 Å². The Kier molecular flexibility index (Phi) is 7.48. The van der Waals surface area contributed by atoms with E-state index in [1.54, 1.807) is 49.4 Å². The summed E-state index contributed by atoms with van der Waals surface area (Å²) in [5.74, 6) is -0.123. The van der Waals surface area contributed by atoms with Gasteiger partial charge in [-0.25, -0.2) is 5.43 Å². The molecule has 0 aliphatic carbocycles. The smallest absolute Gasteiger partial charge is 0.339 e. The van der Waals surface area contributed by atoms with E-state index in [0.29, 0.717) is 15.6 Å². The Labute approximate surface area is 211 Å². The van der Waals surface area contributed by atoms with E-state index in [0.717, 1.165) is 10.8 Å². The molecule has 35 heavy (non-hydrogen) atoms. The maximum atomic E-state index is 12.7. The highest BCUT2D eigenvalue weighted by Gasteiger charge is 2.22. The number of hydrogen-bond donors (Lipinski definition) is 1. The van der Waals surface area contributed by atoms with Crippen molar-refractivity contribution in [2.75, 3.05) is 6.61 Å². The number of carbonyl (C=O) groups excluding carboxylic acids is 1. The molecule has 0 atom stereocenters. The lowest BCUT2D eigenvalue weighted by Crippen LogP contribution is -2.17. The number of carbonyl (C=O) groups is 1. The Morgan fingerprint density at radius 3 is 2.43 bits per heavy atom. The standard InChI is InChI=1S/C26H21BrN2O5S/c1-2-33-24-15-18(14-23(27)25(24)34-35(31,32)22-10-4-3-5-11-22)17-28-29-26(30)21-13-12-19-8-6-7-9-20(19)16-21/h3-17H,2H2,1H3,(H,29,30)/b28-17-. The molecular formula is C26H21BrN2O5S. The number of nitrogens with one attached hydrogen (secondary N) is 1. The molecule has 0 bridgehead atoms. The third kappa shape index (κ3) is 5.87. The second-order valence-electron chi connectivity index (χ2n) is 7.37. The van der Waals surface area contributed by atoms with Gasteiger partial charge in [0.15, 0.2) is 11.5 Å². The fourth-order valence-electron chi connectivity index (χ4n) is 3.31. The predicted octanol–water partition coefficient (Wildman–Crippen LogP) is 5.53. The van der Waals surface area contributed by atoms with Gasteiger partial charge in [0.2, 0.25) is 0 Å². The van der Waals surface area contributed by atoms with Gasteiger partial charge >= 0.3 is 10.1 Å². The summed E-state index contributed by atoms with van der Waals surface area (Å²) in [7, 11) is -4.06. The number of rotatable bonds is 8. The van der Waals surface area contributed by atoms with Gasteiger partial charge in [0, 0.05) is 5.56 Å². The van der Waals surface area contributed by atoms with Crippen molar-refractivity contribution in [1.29, 1.82) is 0 Å². The van der Waals surface area contributed by atoms with Crippen LogP contribution in [0.4, 0.5) is 0 Å². The van der Waals surface area contributed by atoms with Crippen LogP contribution < -0.4 is 14.3 Å². The molecule has 4 rings (SSSR count). The lowest BCUT2D eigenvalue weighted by molar-refractivity contribution is 0.0955. The largest absolute Gasteiger partial charge is 0.490 e. The summed E-state index contributed by atoms with van der Waals surface area (Å²) in [6, 6.07) is 24.2. The van der Waals surface area contributed by atoms with Crippen LogP contribution in [0.25, 0.3) is 10.8 Å². The second-order valence-corrected chi connectivity index (χ2v) is 9.78.